The van der Waals surface area contributed by atoms with Crippen LogP contribution in [0, 0.1) is 0 Å². The van der Waals surface area contributed by atoms with Crippen LogP contribution in [0.1, 0.15) is 46.9 Å². The van der Waals surface area contributed by atoms with Gasteiger partial charge in [0.1, 0.15) is 6.04 Å². The van der Waals surface area contributed by atoms with Crippen LogP contribution in [-0.2, 0) is 14.3 Å². The van der Waals surface area contributed by atoms with Gasteiger partial charge in [-0.15, -0.1) is 0 Å². The van der Waals surface area contributed by atoms with E-state index in [1.165, 1.54) is 0 Å². The Bertz CT molecular complexity index is 1390. The molecule has 0 aromatic heterocycles. The van der Waals surface area contributed by atoms with Crippen molar-refractivity contribution in [2.45, 2.75) is 32.2 Å². The lowest BCUT2D eigenvalue weighted by molar-refractivity contribution is -0.151. The number of anilines is 1. The number of ether oxygens (including phenoxy) is 1. The highest BCUT2D eigenvalue weighted by molar-refractivity contribution is 6.55. The molecule has 1 atom stereocenters. The minimum Gasteiger partial charge on any atom is -0.454 e. The number of esters is 1. The number of nitrogens with zero attached hydrogens (tertiary/aromatic N) is 1. The van der Waals surface area contributed by atoms with E-state index in [-0.39, 0.29) is 37.6 Å². The molecule has 3 aromatic carbocycles. The molecule has 0 fully saturated rings. The molecule has 0 unspecified atom stereocenters. The van der Waals surface area contributed by atoms with E-state index >= 15 is 0 Å². The summed E-state index contributed by atoms with van der Waals surface area (Å²) in [6, 6.07) is 11.6. The van der Waals surface area contributed by atoms with E-state index in [1.807, 2.05) is 37.3 Å². The van der Waals surface area contributed by atoms with Crippen molar-refractivity contribution >= 4 is 86.6 Å². The molecule has 1 N–H and O–H groups in total. The third-order valence-electron chi connectivity index (χ3n) is 5.96. The summed E-state index contributed by atoms with van der Waals surface area (Å²) in [6.45, 7) is 1.27. The van der Waals surface area contributed by atoms with Crippen molar-refractivity contribution < 1.29 is 23.9 Å². The Hall–Kier alpha value is -2.84. The number of rotatable bonds is 8. The van der Waals surface area contributed by atoms with E-state index < -0.39 is 36.3 Å². The molecule has 0 saturated heterocycles. The number of amides is 3. The Labute approximate surface area is 232 Å². The summed E-state index contributed by atoms with van der Waals surface area (Å²) in [5, 5.41) is 3.66. The highest BCUT2D eigenvalue weighted by Crippen LogP contribution is 2.45. The zero-order valence-electron chi connectivity index (χ0n) is 19.4. The van der Waals surface area contributed by atoms with Gasteiger partial charge < -0.3 is 10.1 Å². The second-order valence-electron chi connectivity index (χ2n) is 8.33. The standard InChI is InChI=1S/C26H20Cl4N2O5/c1-2-3-11-16(32-24(34)18-19(25(32)35)21(28)23(30)22(29)20(18)27)26(36)37-12-17(33)31-15-10-6-8-13-7-4-5-9-14(13)15/h4-10,16H,2-3,11-12H2,1H3,(H,31,33)/t16-/m1/s1. The van der Waals surface area contributed by atoms with Crippen LogP contribution in [0.2, 0.25) is 20.1 Å². The lowest BCUT2D eigenvalue weighted by Crippen LogP contribution is -2.46. The highest BCUT2D eigenvalue weighted by atomic mass is 35.5. The zero-order valence-corrected chi connectivity index (χ0v) is 22.5. The topological polar surface area (TPSA) is 92.8 Å². The van der Waals surface area contributed by atoms with E-state index in [9.17, 15) is 19.2 Å². The summed E-state index contributed by atoms with van der Waals surface area (Å²) < 4.78 is 5.25. The second kappa shape index (κ2) is 11.3. The van der Waals surface area contributed by atoms with Gasteiger partial charge in [0.2, 0.25) is 0 Å². The van der Waals surface area contributed by atoms with Crippen molar-refractivity contribution in [3.8, 4) is 0 Å². The first kappa shape index (κ1) is 27.2. The number of halogens is 4. The molecule has 0 radical (unpaired) electrons. The van der Waals surface area contributed by atoms with Gasteiger partial charge in [-0.25, -0.2) is 4.79 Å². The van der Waals surface area contributed by atoms with Gasteiger partial charge in [0, 0.05) is 11.1 Å². The van der Waals surface area contributed by atoms with Crippen molar-refractivity contribution in [1.82, 2.24) is 4.90 Å². The van der Waals surface area contributed by atoms with Gasteiger partial charge in [0.25, 0.3) is 17.7 Å². The smallest absolute Gasteiger partial charge is 0.329 e. The maximum Gasteiger partial charge on any atom is 0.329 e. The number of fused-ring (bicyclic) bond motifs is 2. The molecule has 1 heterocycles. The zero-order chi connectivity index (χ0) is 26.9. The van der Waals surface area contributed by atoms with Crippen molar-refractivity contribution in [3.05, 3.63) is 73.7 Å². The Morgan fingerprint density at radius 1 is 0.892 bits per heavy atom. The van der Waals surface area contributed by atoms with Crippen LogP contribution in [0.5, 0.6) is 0 Å². The molecular weight excluding hydrogens is 562 g/mol. The maximum absolute atomic E-state index is 13.2. The molecule has 3 amide bonds. The van der Waals surface area contributed by atoms with E-state index in [0.717, 1.165) is 15.7 Å². The summed E-state index contributed by atoms with van der Waals surface area (Å²) in [6.07, 6.45) is 1.29. The number of carbonyl (C=O) groups excluding carboxylic acids is 4. The van der Waals surface area contributed by atoms with Crippen LogP contribution in [-0.4, -0.2) is 41.2 Å². The summed E-state index contributed by atoms with van der Waals surface area (Å²) in [5.41, 5.74) is 0.100. The minimum absolute atomic E-state index is 0.114. The first-order chi connectivity index (χ1) is 17.7. The fourth-order valence-electron chi connectivity index (χ4n) is 4.15. The Morgan fingerprint density at radius 3 is 2.11 bits per heavy atom. The molecule has 0 saturated carbocycles. The van der Waals surface area contributed by atoms with Crippen LogP contribution in [0.25, 0.3) is 10.8 Å². The predicted molar refractivity (Wildman–Crippen MR) is 144 cm³/mol. The summed E-state index contributed by atoms with van der Waals surface area (Å²) in [7, 11) is 0. The van der Waals surface area contributed by atoms with E-state index in [1.54, 1.807) is 12.1 Å². The van der Waals surface area contributed by atoms with Crippen LogP contribution in [0.4, 0.5) is 5.69 Å². The molecule has 7 nitrogen and oxygen atoms in total. The van der Waals surface area contributed by atoms with E-state index in [2.05, 4.69) is 5.32 Å². The molecule has 37 heavy (non-hydrogen) atoms. The SMILES string of the molecule is CCCC[C@H](C(=O)OCC(=O)Nc1cccc2ccccc12)N1C(=O)c2c(Cl)c(Cl)c(Cl)c(Cl)c2C1=O. The number of carbonyl (C=O) groups is 4. The van der Waals surface area contributed by atoms with Crippen molar-refractivity contribution in [2.75, 3.05) is 11.9 Å². The van der Waals surface area contributed by atoms with Gasteiger partial charge in [-0.2, -0.15) is 0 Å². The first-order valence-corrected chi connectivity index (χ1v) is 12.9. The normalized spacial score (nSPS) is 13.6. The molecule has 11 heteroatoms. The summed E-state index contributed by atoms with van der Waals surface area (Å²) in [4.78, 5) is 52.9. The number of imide groups is 1. The monoisotopic (exact) mass is 580 g/mol. The van der Waals surface area contributed by atoms with Gasteiger partial charge in [-0.05, 0) is 17.9 Å². The molecule has 0 spiro atoms. The Morgan fingerprint density at radius 2 is 1.49 bits per heavy atom. The molecule has 1 aliphatic rings. The van der Waals surface area contributed by atoms with Crippen LogP contribution in [0.3, 0.4) is 0 Å². The van der Waals surface area contributed by atoms with E-state index in [4.69, 9.17) is 51.1 Å². The van der Waals surface area contributed by atoms with Gasteiger partial charge in [0.05, 0.1) is 31.2 Å². The molecule has 0 bridgehead atoms. The average Bonchev–Trinajstić information content (AvgIpc) is 3.15. The van der Waals surface area contributed by atoms with E-state index in [0.29, 0.717) is 18.5 Å². The second-order valence-corrected chi connectivity index (χ2v) is 9.84. The summed E-state index contributed by atoms with van der Waals surface area (Å²) >= 11 is 24.6. The number of unbranched alkanes of at least 4 members (excludes halogenated alkanes) is 1. The van der Waals surface area contributed by atoms with Gasteiger partial charge in [-0.1, -0.05) is 103 Å². The number of nitrogens with one attached hydrogen (secondary N) is 1. The van der Waals surface area contributed by atoms with Crippen molar-refractivity contribution in [3.63, 3.8) is 0 Å². The number of benzene rings is 3. The first-order valence-electron chi connectivity index (χ1n) is 11.3. The van der Waals surface area contributed by atoms with Gasteiger partial charge >= 0.3 is 5.97 Å². The number of hydrogen-bond acceptors (Lipinski definition) is 5. The Kier molecular flexibility index (Phi) is 8.29. The third-order valence-corrected chi connectivity index (χ3v) is 7.76. The molecular formula is C26H20Cl4N2O5. The molecule has 192 valence electrons. The Balaban J connectivity index is 1.53. The van der Waals surface area contributed by atoms with Gasteiger partial charge in [0.15, 0.2) is 6.61 Å². The molecule has 4 rings (SSSR count). The predicted octanol–water partition coefficient (Wildman–Crippen LogP) is 6.79. The van der Waals surface area contributed by atoms with Crippen molar-refractivity contribution in [2.24, 2.45) is 0 Å². The van der Waals surface area contributed by atoms with Gasteiger partial charge in [-0.3, -0.25) is 19.3 Å². The lowest BCUT2D eigenvalue weighted by Gasteiger charge is -2.24. The lowest BCUT2D eigenvalue weighted by atomic mass is 10.1. The van der Waals surface area contributed by atoms with Crippen LogP contribution in [0.15, 0.2) is 42.5 Å². The van der Waals surface area contributed by atoms with Crippen LogP contribution < -0.4 is 5.32 Å². The van der Waals surface area contributed by atoms with Crippen molar-refractivity contribution in [1.29, 1.82) is 0 Å². The maximum atomic E-state index is 13.2. The summed E-state index contributed by atoms with van der Waals surface area (Å²) in [5.74, 6) is -3.18. The molecule has 1 aliphatic heterocycles. The fraction of sp³-hybridized carbons (Fsp3) is 0.231. The largest absolute Gasteiger partial charge is 0.454 e. The highest BCUT2D eigenvalue weighted by Gasteiger charge is 2.47. The molecule has 3 aromatic rings. The quantitative estimate of drug-likeness (QED) is 0.137. The fourth-order valence-corrected chi connectivity index (χ4v) is 5.17. The third kappa shape index (κ3) is 5.14. The van der Waals surface area contributed by atoms with Crippen LogP contribution >= 0.6 is 46.4 Å². The average molecular weight is 582 g/mol. The molecule has 0 aliphatic carbocycles. The number of hydrogen-bond donors (Lipinski definition) is 1. The minimum atomic E-state index is -1.30.